The summed E-state index contributed by atoms with van der Waals surface area (Å²) in [5, 5.41) is 9.64. The van der Waals surface area contributed by atoms with Crippen molar-refractivity contribution in [2.75, 3.05) is 29.8 Å². The van der Waals surface area contributed by atoms with E-state index in [9.17, 15) is 13.2 Å². The number of carbonyl (C=O) groups excluding carboxylic acids is 1. The first-order valence-corrected chi connectivity index (χ1v) is 11.7. The van der Waals surface area contributed by atoms with Gasteiger partial charge in [-0.3, -0.25) is 4.68 Å². The van der Waals surface area contributed by atoms with E-state index in [2.05, 4.69) is 34.3 Å². The van der Waals surface area contributed by atoms with E-state index >= 15 is 0 Å². The van der Waals surface area contributed by atoms with Crippen LogP contribution in [0.2, 0.25) is 0 Å². The third-order valence-electron chi connectivity index (χ3n) is 4.18. The van der Waals surface area contributed by atoms with Crippen molar-refractivity contribution < 1.29 is 13.2 Å². The van der Waals surface area contributed by atoms with Gasteiger partial charge in [-0.15, -0.1) is 11.3 Å². The summed E-state index contributed by atoms with van der Waals surface area (Å²) in [6.07, 6.45) is 3.02. The summed E-state index contributed by atoms with van der Waals surface area (Å²) in [7, 11) is -0.691. The standard InChI is InChI=1S/C18H30N6O3S2/c1-12(2)16-9-15(17(28-16)13(3)4)21-18(25)22-29(26,27)24(8-7-19-5)14-10-20-23(6)11-14/h9-13,19H,7-8H2,1-6H3,(H2,21,22,25). The summed E-state index contributed by atoms with van der Waals surface area (Å²) in [6.45, 7) is 8.81. The fourth-order valence-corrected chi connectivity index (χ4v) is 4.92. The van der Waals surface area contributed by atoms with Gasteiger partial charge < -0.3 is 10.6 Å². The van der Waals surface area contributed by atoms with E-state index in [4.69, 9.17) is 0 Å². The lowest BCUT2D eigenvalue weighted by atomic mass is 10.1. The van der Waals surface area contributed by atoms with Crippen LogP contribution >= 0.6 is 11.3 Å². The molecular formula is C18H30N6O3S2. The molecule has 0 aliphatic heterocycles. The Hall–Kier alpha value is -2.11. The van der Waals surface area contributed by atoms with E-state index in [1.54, 1.807) is 31.6 Å². The molecule has 0 atom stereocenters. The van der Waals surface area contributed by atoms with Crippen molar-refractivity contribution in [2.24, 2.45) is 7.05 Å². The number of nitrogens with zero attached hydrogens (tertiary/aromatic N) is 3. The molecule has 0 saturated carbocycles. The number of anilines is 2. The summed E-state index contributed by atoms with van der Waals surface area (Å²) in [5.74, 6) is 0.532. The van der Waals surface area contributed by atoms with Crippen LogP contribution in [0.3, 0.4) is 0 Å². The molecule has 2 heterocycles. The maximum atomic E-state index is 12.9. The van der Waals surface area contributed by atoms with Gasteiger partial charge >= 0.3 is 16.2 Å². The van der Waals surface area contributed by atoms with Crippen LogP contribution in [0, 0.1) is 0 Å². The van der Waals surface area contributed by atoms with Crippen LogP contribution in [0.25, 0.3) is 0 Å². The number of hydrogen-bond donors (Lipinski definition) is 3. The minimum atomic E-state index is -4.11. The van der Waals surface area contributed by atoms with Crippen molar-refractivity contribution >= 4 is 39.0 Å². The maximum absolute atomic E-state index is 12.9. The van der Waals surface area contributed by atoms with Crippen LogP contribution in [0.5, 0.6) is 0 Å². The SMILES string of the molecule is CNCCN(c1cnn(C)c1)S(=O)(=O)NC(=O)Nc1cc(C(C)C)sc1C(C)C. The lowest BCUT2D eigenvalue weighted by Crippen LogP contribution is -2.47. The number of thiophene rings is 1. The first-order valence-electron chi connectivity index (χ1n) is 9.43. The molecular weight excluding hydrogens is 412 g/mol. The van der Waals surface area contributed by atoms with Gasteiger partial charge in [-0.2, -0.15) is 13.5 Å². The van der Waals surface area contributed by atoms with Gasteiger partial charge in [-0.25, -0.2) is 13.8 Å². The Labute approximate surface area is 176 Å². The third kappa shape index (κ3) is 5.94. The van der Waals surface area contributed by atoms with Crippen molar-refractivity contribution in [3.05, 3.63) is 28.2 Å². The largest absolute Gasteiger partial charge is 0.334 e. The number of rotatable bonds is 9. The number of likely N-dealkylation sites (N-methyl/N-ethyl adjacent to an activating group) is 1. The topological polar surface area (TPSA) is 108 Å². The number of nitrogens with one attached hydrogen (secondary N) is 3. The van der Waals surface area contributed by atoms with Gasteiger partial charge in [0.05, 0.1) is 17.6 Å². The summed E-state index contributed by atoms with van der Waals surface area (Å²) in [6, 6.07) is 1.12. The molecule has 29 heavy (non-hydrogen) atoms. The van der Waals surface area contributed by atoms with E-state index in [1.807, 2.05) is 19.9 Å². The van der Waals surface area contributed by atoms with Gasteiger partial charge in [-0.05, 0) is 24.9 Å². The first-order chi connectivity index (χ1) is 13.5. The highest BCUT2D eigenvalue weighted by Crippen LogP contribution is 2.36. The Balaban J connectivity index is 2.21. The number of aryl methyl sites for hydroxylation is 1. The van der Waals surface area contributed by atoms with Crippen molar-refractivity contribution in [3.63, 3.8) is 0 Å². The summed E-state index contributed by atoms with van der Waals surface area (Å²) >= 11 is 1.63. The second-order valence-electron chi connectivity index (χ2n) is 7.35. The normalized spacial score (nSPS) is 11.9. The second kappa shape index (κ2) is 9.59. The molecule has 0 unspecified atom stereocenters. The number of hydrogen-bond acceptors (Lipinski definition) is 6. The predicted molar refractivity (Wildman–Crippen MR) is 118 cm³/mol. The molecule has 2 amide bonds. The summed E-state index contributed by atoms with van der Waals surface area (Å²) in [4.78, 5) is 14.7. The van der Waals surface area contributed by atoms with E-state index in [0.29, 0.717) is 23.8 Å². The molecule has 2 rings (SSSR count). The highest BCUT2D eigenvalue weighted by molar-refractivity contribution is 7.91. The zero-order valence-electron chi connectivity index (χ0n) is 17.7. The summed E-state index contributed by atoms with van der Waals surface area (Å²) < 4.78 is 30.5. The summed E-state index contributed by atoms with van der Waals surface area (Å²) in [5.41, 5.74) is 1.02. The van der Waals surface area contributed by atoms with Gasteiger partial charge in [0.1, 0.15) is 0 Å². The third-order valence-corrected chi connectivity index (χ3v) is 7.33. The molecule has 0 fully saturated rings. The van der Waals surface area contributed by atoms with E-state index < -0.39 is 16.2 Å². The fourth-order valence-electron chi connectivity index (χ4n) is 2.69. The van der Waals surface area contributed by atoms with Gasteiger partial charge in [-0.1, -0.05) is 27.7 Å². The number of carbonyl (C=O) groups is 1. The Bertz CT molecular complexity index is 933. The van der Waals surface area contributed by atoms with Crippen LogP contribution in [0.15, 0.2) is 18.5 Å². The van der Waals surface area contributed by atoms with Gasteiger partial charge in [0.15, 0.2) is 0 Å². The average Bonchev–Trinajstić information content (AvgIpc) is 3.21. The minimum Gasteiger partial charge on any atom is -0.318 e. The van der Waals surface area contributed by atoms with Gasteiger partial charge in [0.2, 0.25) is 0 Å². The van der Waals surface area contributed by atoms with E-state index in [1.165, 1.54) is 10.9 Å². The quantitative estimate of drug-likeness (QED) is 0.553. The van der Waals surface area contributed by atoms with Crippen molar-refractivity contribution in [3.8, 4) is 0 Å². The van der Waals surface area contributed by atoms with Gasteiger partial charge in [0, 0.05) is 36.1 Å². The van der Waals surface area contributed by atoms with Crippen LogP contribution in [0.4, 0.5) is 16.2 Å². The monoisotopic (exact) mass is 442 g/mol. The smallest absolute Gasteiger partial charge is 0.318 e. The average molecular weight is 443 g/mol. The van der Waals surface area contributed by atoms with Crippen LogP contribution in [0.1, 0.15) is 49.3 Å². The molecule has 0 bridgehead atoms. The molecule has 2 aromatic heterocycles. The molecule has 0 spiro atoms. The molecule has 9 nitrogen and oxygen atoms in total. The predicted octanol–water partition coefficient (Wildman–Crippen LogP) is 2.82. The molecule has 162 valence electrons. The zero-order valence-corrected chi connectivity index (χ0v) is 19.3. The molecule has 0 aliphatic rings. The molecule has 3 N–H and O–H groups in total. The molecule has 0 aromatic carbocycles. The molecule has 0 radical (unpaired) electrons. The van der Waals surface area contributed by atoms with Crippen molar-refractivity contribution in [1.82, 2.24) is 19.8 Å². The van der Waals surface area contributed by atoms with Crippen LogP contribution in [-0.4, -0.2) is 44.4 Å². The Morgan fingerprint density at radius 1 is 1.28 bits per heavy atom. The highest BCUT2D eigenvalue weighted by Gasteiger charge is 2.26. The van der Waals surface area contributed by atoms with Crippen LogP contribution < -0.4 is 19.7 Å². The van der Waals surface area contributed by atoms with E-state index in [-0.39, 0.29) is 12.5 Å². The number of aromatic nitrogens is 2. The lowest BCUT2D eigenvalue weighted by Gasteiger charge is -2.22. The Morgan fingerprint density at radius 3 is 2.48 bits per heavy atom. The molecule has 2 aromatic rings. The molecule has 0 saturated heterocycles. The zero-order chi connectivity index (χ0) is 21.8. The first kappa shape index (κ1) is 23.2. The Morgan fingerprint density at radius 2 is 1.97 bits per heavy atom. The molecule has 11 heteroatoms. The minimum absolute atomic E-state index is 0.151. The Kier molecular flexibility index (Phi) is 7.66. The lowest BCUT2D eigenvalue weighted by molar-refractivity contribution is 0.256. The molecule has 0 aliphatic carbocycles. The maximum Gasteiger partial charge on any atom is 0.334 e. The van der Waals surface area contributed by atoms with Crippen molar-refractivity contribution in [1.29, 1.82) is 0 Å². The second-order valence-corrected chi connectivity index (χ2v) is 10.1. The van der Waals surface area contributed by atoms with E-state index in [0.717, 1.165) is 14.1 Å². The number of urea groups is 1. The fraction of sp³-hybridized carbons (Fsp3) is 0.556. The van der Waals surface area contributed by atoms with Gasteiger partial charge in [0.25, 0.3) is 0 Å². The van der Waals surface area contributed by atoms with Crippen LogP contribution in [-0.2, 0) is 17.3 Å². The van der Waals surface area contributed by atoms with Crippen molar-refractivity contribution in [2.45, 2.75) is 39.5 Å². The highest BCUT2D eigenvalue weighted by atomic mass is 32.2. The number of amides is 2.